The number of rotatable bonds is 3. The molecule has 6 heteroatoms. The molecule has 0 aliphatic rings. The molecule has 0 atom stereocenters. The van der Waals surface area contributed by atoms with E-state index in [-0.39, 0.29) is 0 Å². The molecule has 0 saturated heterocycles. The SMILES string of the molecule is COc1ccc(-n2ccc(=O)c(C(=O)[O-])n2)cc1. The van der Waals surface area contributed by atoms with Crippen molar-refractivity contribution in [3.8, 4) is 11.4 Å². The molecular formula is C12H9N2O4-. The molecule has 92 valence electrons. The monoisotopic (exact) mass is 245 g/mol. The maximum atomic E-state index is 11.2. The Bertz CT molecular complexity index is 631. The van der Waals surface area contributed by atoms with Crippen molar-refractivity contribution in [3.05, 3.63) is 52.4 Å². The molecule has 1 aromatic carbocycles. The Morgan fingerprint density at radius 2 is 1.94 bits per heavy atom. The molecule has 0 aliphatic heterocycles. The normalized spacial score (nSPS) is 10.1. The van der Waals surface area contributed by atoms with Crippen LogP contribution in [0.15, 0.2) is 41.3 Å². The lowest BCUT2D eigenvalue weighted by Crippen LogP contribution is -2.31. The van der Waals surface area contributed by atoms with Gasteiger partial charge in [0, 0.05) is 12.3 Å². The van der Waals surface area contributed by atoms with E-state index < -0.39 is 17.1 Å². The summed E-state index contributed by atoms with van der Waals surface area (Å²) in [5.41, 5.74) is -0.689. The minimum atomic E-state index is -1.59. The third-order valence-corrected chi connectivity index (χ3v) is 2.34. The van der Waals surface area contributed by atoms with Gasteiger partial charge in [-0.2, -0.15) is 5.10 Å². The molecule has 0 radical (unpaired) electrons. The second kappa shape index (κ2) is 4.70. The largest absolute Gasteiger partial charge is 0.543 e. The van der Waals surface area contributed by atoms with E-state index in [4.69, 9.17) is 4.74 Å². The first-order valence-corrected chi connectivity index (χ1v) is 5.07. The number of ether oxygens (including phenoxy) is 1. The molecule has 0 amide bonds. The second-order valence-corrected chi connectivity index (χ2v) is 3.46. The Hall–Kier alpha value is -2.63. The predicted molar refractivity (Wildman–Crippen MR) is 60.7 cm³/mol. The topological polar surface area (TPSA) is 84.2 Å². The fourth-order valence-electron chi connectivity index (χ4n) is 1.43. The van der Waals surface area contributed by atoms with Crippen molar-refractivity contribution >= 4 is 5.97 Å². The van der Waals surface area contributed by atoms with Crippen molar-refractivity contribution in [2.45, 2.75) is 0 Å². The van der Waals surface area contributed by atoms with E-state index in [1.54, 1.807) is 31.4 Å². The molecule has 0 saturated carbocycles. The molecule has 18 heavy (non-hydrogen) atoms. The average molecular weight is 245 g/mol. The minimum absolute atomic E-state index is 0.610. The first-order valence-electron chi connectivity index (χ1n) is 5.07. The predicted octanol–water partition coefficient (Wildman–Crippen LogP) is -0.395. The summed E-state index contributed by atoms with van der Waals surface area (Å²) in [6, 6.07) is 7.91. The fraction of sp³-hybridized carbons (Fsp3) is 0.0833. The van der Waals surface area contributed by atoms with Crippen LogP contribution in [0.3, 0.4) is 0 Å². The van der Waals surface area contributed by atoms with Crippen LogP contribution in [0.1, 0.15) is 10.5 Å². The summed E-state index contributed by atoms with van der Waals surface area (Å²) >= 11 is 0. The van der Waals surface area contributed by atoms with Crippen LogP contribution >= 0.6 is 0 Å². The minimum Gasteiger partial charge on any atom is -0.543 e. The molecule has 2 rings (SSSR count). The maximum absolute atomic E-state index is 11.2. The van der Waals surface area contributed by atoms with Gasteiger partial charge in [-0.05, 0) is 24.3 Å². The number of hydrogen-bond acceptors (Lipinski definition) is 5. The summed E-state index contributed by atoms with van der Waals surface area (Å²) in [7, 11) is 1.54. The lowest BCUT2D eigenvalue weighted by molar-refractivity contribution is -0.255. The van der Waals surface area contributed by atoms with Gasteiger partial charge in [-0.25, -0.2) is 4.68 Å². The zero-order valence-corrected chi connectivity index (χ0v) is 9.49. The number of nitrogens with zero attached hydrogens (tertiary/aromatic N) is 2. The molecule has 2 aromatic rings. The number of methoxy groups -OCH3 is 1. The highest BCUT2D eigenvalue weighted by Crippen LogP contribution is 2.13. The van der Waals surface area contributed by atoms with Gasteiger partial charge in [-0.3, -0.25) is 4.79 Å². The van der Waals surface area contributed by atoms with E-state index in [0.717, 1.165) is 6.07 Å². The van der Waals surface area contributed by atoms with Crippen LogP contribution in [-0.4, -0.2) is 22.9 Å². The van der Waals surface area contributed by atoms with Gasteiger partial charge < -0.3 is 14.6 Å². The van der Waals surface area contributed by atoms with Gasteiger partial charge in [0.1, 0.15) is 5.75 Å². The van der Waals surface area contributed by atoms with Gasteiger partial charge in [-0.1, -0.05) is 0 Å². The Kier molecular flexibility index (Phi) is 3.09. The van der Waals surface area contributed by atoms with Gasteiger partial charge >= 0.3 is 0 Å². The van der Waals surface area contributed by atoms with E-state index in [0.29, 0.717) is 11.4 Å². The van der Waals surface area contributed by atoms with Crippen molar-refractivity contribution in [3.63, 3.8) is 0 Å². The highest BCUT2D eigenvalue weighted by atomic mass is 16.5. The first-order chi connectivity index (χ1) is 8.61. The summed E-state index contributed by atoms with van der Waals surface area (Å²) in [5, 5.41) is 14.4. The molecule has 0 N–H and O–H groups in total. The van der Waals surface area contributed by atoms with E-state index >= 15 is 0 Å². The van der Waals surface area contributed by atoms with Crippen molar-refractivity contribution < 1.29 is 14.6 Å². The van der Waals surface area contributed by atoms with Crippen molar-refractivity contribution in [2.75, 3.05) is 7.11 Å². The quantitative estimate of drug-likeness (QED) is 0.734. The van der Waals surface area contributed by atoms with E-state index in [9.17, 15) is 14.7 Å². The number of carbonyl (C=O) groups excluding carboxylic acids is 1. The third kappa shape index (κ3) is 2.22. The Morgan fingerprint density at radius 1 is 1.28 bits per heavy atom. The smallest absolute Gasteiger partial charge is 0.209 e. The molecule has 0 spiro atoms. The third-order valence-electron chi connectivity index (χ3n) is 2.34. The number of carboxylic acid groups (broad SMARTS) is 1. The number of aromatic nitrogens is 2. The van der Waals surface area contributed by atoms with Crippen molar-refractivity contribution in [2.24, 2.45) is 0 Å². The average Bonchev–Trinajstić information content (AvgIpc) is 2.39. The first kappa shape index (κ1) is 11.8. The zero-order valence-electron chi connectivity index (χ0n) is 9.49. The summed E-state index contributed by atoms with van der Waals surface area (Å²) in [6.07, 6.45) is 1.39. The fourth-order valence-corrected chi connectivity index (χ4v) is 1.43. The number of benzene rings is 1. The van der Waals surface area contributed by atoms with Gasteiger partial charge in [0.15, 0.2) is 5.69 Å². The number of carbonyl (C=O) groups is 1. The molecule has 0 fully saturated rings. The van der Waals surface area contributed by atoms with E-state index in [2.05, 4.69) is 5.10 Å². The second-order valence-electron chi connectivity index (χ2n) is 3.46. The maximum Gasteiger partial charge on any atom is 0.209 e. The standard InChI is InChI=1S/C12H10N2O4/c1-18-9-4-2-8(3-5-9)14-7-6-10(15)11(13-14)12(16)17/h2-7H,1H3,(H,16,17)/p-1. The van der Waals surface area contributed by atoms with Gasteiger partial charge in [0.2, 0.25) is 5.43 Å². The molecule has 6 nitrogen and oxygen atoms in total. The van der Waals surface area contributed by atoms with E-state index in [1.807, 2.05) is 0 Å². The highest BCUT2D eigenvalue weighted by molar-refractivity contribution is 5.82. The molecular weight excluding hydrogens is 236 g/mol. The van der Waals surface area contributed by atoms with Crippen molar-refractivity contribution in [1.29, 1.82) is 0 Å². The van der Waals surface area contributed by atoms with Crippen LogP contribution in [-0.2, 0) is 0 Å². The Labute approximate surface area is 102 Å². The summed E-state index contributed by atoms with van der Waals surface area (Å²) < 4.78 is 6.29. The van der Waals surface area contributed by atoms with E-state index in [1.165, 1.54) is 10.9 Å². The van der Waals surface area contributed by atoms with Crippen molar-refractivity contribution in [1.82, 2.24) is 9.78 Å². The molecule has 0 bridgehead atoms. The van der Waals surface area contributed by atoms with Crippen LogP contribution < -0.4 is 15.3 Å². The highest BCUT2D eigenvalue weighted by Gasteiger charge is 2.04. The van der Waals surface area contributed by atoms with Crippen LogP contribution in [0.25, 0.3) is 5.69 Å². The lowest BCUT2D eigenvalue weighted by Gasteiger charge is -2.08. The Balaban J connectivity index is 2.47. The number of carboxylic acids is 1. The van der Waals surface area contributed by atoms with Crippen LogP contribution in [0.5, 0.6) is 5.75 Å². The molecule has 1 aromatic heterocycles. The lowest BCUT2D eigenvalue weighted by atomic mass is 10.3. The van der Waals surface area contributed by atoms with Gasteiger partial charge in [0.05, 0.1) is 18.8 Å². The van der Waals surface area contributed by atoms with Gasteiger partial charge in [-0.15, -0.1) is 0 Å². The summed E-state index contributed by atoms with van der Waals surface area (Å²) in [4.78, 5) is 21.9. The van der Waals surface area contributed by atoms with Crippen LogP contribution in [0, 0.1) is 0 Å². The van der Waals surface area contributed by atoms with Gasteiger partial charge in [0.25, 0.3) is 0 Å². The van der Waals surface area contributed by atoms with Crippen LogP contribution in [0.4, 0.5) is 0 Å². The number of aromatic carboxylic acids is 1. The van der Waals surface area contributed by atoms with Crippen LogP contribution in [0.2, 0.25) is 0 Å². The molecule has 1 heterocycles. The number of hydrogen-bond donors (Lipinski definition) is 0. The Morgan fingerprint density at radius 3 is 2.50 bits per heavy atom. The molecule has 0 unspecified atom stereocenters. The summed E-state index contributed by atoms with van der Waals surface area (Å²) in [6.45, 7) is 0. The molecule has 0 aliphatic carbocycles. The summed E-state index contributed by atoms with van der Waals surface area (Å²) in [5.74, 6) is -0.928. The zero-order chi connectivity index (χ0) is 13.1.